The Balaban J connectivity index is 1.45. The van der Waals surface area contributed by atoms with E-state index < -0.39 is 12.3 Å². The summed E-state index contributed by atoms with van der Waals surface area (Å²) in [4.78, 5) is 24.1. The number of rotatable bonds is 5. The lowest BCUT2D eigenvalue weighted by Crippen LogP contribution is -2.22. The van der Waals surface area contributed by atoms with Crippen molar-refractivity contribution in [3.05, 3.63) is 70.8 Å². The first kappa shape index (κ1) is 18.1. The molecule has 2 atom stereocenters. The quantitative estimate of drug-likeness (QED) is 0.764. The summed E-state index contributed by atoms with van der Waals surface area (Å²) in [5, 5.41) is 0. The molecule has 26 heavy (non-hydrogen) atoms. The molecule has 1 saturated heterocycles. The average Bonchev–Trinajstić information content (AvgIpc) is 3.08. The van der Waals surface area contributed by atoms with E-state index in [4.69, 9.17) is 14.2 Å². The molecule has 1 heterocycles. The minimum absolute atomic E-state index is 0.144. The van der Waals surface area contributed by atoms with E-state index in [9.17, 15) is 9.59 Å². The van der Waals surface area contributed by atoms with E-state index in [1.165, 1.54) is 0 Å². The lowest BCUT2D eigenvalue weighted by atomic mass is 10.1. The molecule has 3 rings (SSSR count). The standard InChI is InChI=1S/C21H22O5/c1-14-3-7-16(8-4-14)20(22)24-13-18-11-12-19(25-18)26-21(23)17-9-5-15(2)6-10-17/h3-10,18-19H,11-13H2,1-2H3/t18-,19?/m0/s1. The van der Waals surface area contributed by atoms with E-state index in [1.807, 2.05) is 38.1 Å². The summed E-state index contributed by atoms with van der Waals surface area (Å²) in [6.07, 6.45) is 0.393. The van der Waals surface area contributed by atoms with Gasteiger partial charge < -0.3 is 14.2 Å². The number of ether oxygens (including phenoxy) is 3. The molecule has 0 radical (unpaired) electrons. The van der Waals surface area contributed by atoms with Gasteiger partial charge in [-0.15, -0.1) is 0 Å². The fourth-order valence-corrected chi connectivity index (χ4v) is 2.70. The maximum Gasteiger partial charge on any atom is 0.340 e. The first-order chi connectivity index (χ1) is 12.5. The van der Waals surface area contributed by atoms with Crippen LogP contribution in [0.3, 0.4) is 0 Å². The molecule has 1 aliphatic heterocycles. The molecule has 0 aromatic heterocycles. The van der Waals surface area contributed by atoms with Crippen LogP contribution in [0.15, 0.2) is 48.5 Å². The molecule has 2 aromatic rings. The SMILES string of the molecule is Cc1ccc(C(=O)OC[C@@H]2CCC(OC(=O)c3ccc(C)cc3)O2)cc1. The smallest absolute Gasteiger partial charge is 0.340 e. The van der Waals surface area contributed by atoms with Gasteiger partial charge in [-0.2, -0.15) is 0 Å². The van der Waals surface area contributed by atoms with Crippen molar-refractivity contribution in [1.29, 1.82) is 0 Å². The highest BCUT2D eigenvalue weighted by molar-refractivity contribution is 5.90. The Labute approximate surface area is 152 Å². The first-order valence-corrected chi connectivity index (χ1v) is 8.68. The summed E-state index contributed by atoms with van der Waals surface area (Å²) in [6, 6.07) is 14.4. The molecule has 136 valence electrons. The summed E-state index contributed by atoms with van der Waals surface area (Å²) < 4.78 is 16.3. The summed E-state index contributed by atoms with van der Waals surface area (Å²) in [6.45, 7) is 4.06. The molecule has 1 unspecified atom stereocenters. The third-order valence-electron chi connectivity index (χ3n) is 4.28. The third-order valence-corrected chi connectivity index (χ3v) is 4.28. The maximum atomic E-state index is 12.1. The van der Waals surface area contributed by atoms with Gasteiger partial charge in [0.1, 0.15) is 6.61 Å². The van der Waals surface area contributed by atoms with Gasteiger partial charge in [-0.25, -0.2) is 9.59 Å². The Bertz CT molecular complexity index is 764. The molecule has 5 heteroatoms. The van der Waals surface area contributed by atoms with E-state index in [0.29, 0.717) is 24.0 Å². The fourth-order valence-electron chi connectivity index (χ4n) is 2.70. The maximum absolute atomic E-state index is 12.1. The van der Waals surface area contributed by atoms with Crippen LogP contribution in [0.2, 0.25) is 0 Å². The summed E-state index contributed by atoms with van der Waals surface area (Å²) in [5.41, 5.74) is 3.16. The second-order valence-electron chi connectivity index (χ2n) is 6.50. The number of benzene rings is 2. The minimum Gasteiger partial charge on any atom is -0.459 e. The summed E-state index contributed by atoms with van der Waals surface area (Å²) >= 11 is 0. The normalized spacial score (nSPS) is 19.2. The van der Waals surface area contributed by atoms with Crippen LogP contribution in [-0.4, -0.2) is 30.9 Å². The highest BCUT2D eigenvalue weighted by Gasteiger charge is 2.29. The lowest BCUT2D eigenvalue weighted by molar-refractivity contribution is -0.112. The molecule has 1 fully saturated rings. The Hall–Kier alpha value is -2.66. The van der Waals surface area contributed by atoms with E-state index in [0.717, 1.165) is 11.1 Å². The van der Waals surface area contributed by atoms with Gasteiger partial charge >= 0.3 is 11.9 Å². The van der Waals surface area contributed by atoms with Crippen molar-refractivity contribution in [2.24, 2.45) is 0 Å². The highest BCUT2D eigenvalue weighted by Crippen LogP contribution is 2.22. The first-order valence-electron chi connectivity index (χ1n) is 8.68. The van der Waals surface area contributed by atoms with Crippen LogP contribution in [0.4, 0.5) is 0 Å². The Morgan fingerprint density at radius 3 is 2.00 bits per heavy atom. The van der Waals surface area contributed by atoms with Gasteiger partial charge in [-0.1, -0.05) is 35.4 Å². The van der Waals surface area contributed by atoms with Crippen molar-refractivity contribution in [3.63, 3.8) is 0 Å². The largest absolute Gasteiger partial charge is 0.459 e. The molecule has 0 saturated carbocycles. The van der Waals surface area contributed by atoms with Crippen LogP contribution in [-0.2, 0) is 14.2 Å². The molecule has 0 N–H and O–H groups in total. The van der Waals surface area contributed by atoms with Crippen molar-refractivity contribution < 1.29 is 23.8 Å². The third kappa shape index (κ3) is 4.70. The number of hydrogen-bond donors (Lipinski definition) is 0. The van der Waals surface area contributed by atoms with Gasteiger partial charge in [-0.3, -0.25) is 0 Å². The predicted octanol–water partition coefficient (Wildman–Crippen LogP) is 3.82. The molecule has 0 aliphatic carbocycles. The highest BCUT2D eigenvalue weighted by atomic mass is 16.7. The van der Waals surface area contributed by atoms with E-state index in [-0.39, 0.29) is 18.7 Å². The Morgan fingerprint density at radius 1 is 0.885 bits per heavy atom. The zero-order valence-corrected chi connectivity index (χ0v) is 14.9. The molecular formula is C21H22O5. The number of carbonyl (C=O) groups is 2. The summed E-state index contributed by atoms with van der Waals surface area (Å²) in [5.74, 6) is -0.791. The van der Waals surface area contributed by atoms with Crippen molar-refractivity contribution >= 4 is 11.9 Å². The van der Waals surface area contributed by atoms with Crippen LogP contribution in [0, 0.1) is 13.8 Å². The van der Waals surface area contributed by atoms with Crippen LogP contribution in [0.5, 0.6) is 0 Å². The van der Waals surface area contributed by atoms with Gasteiger partial charge in [0.25, 0.3) is 0 Å². The second kappa shape index (κ2) is 8.15. The monoisotopic (exact) mass is 354 g/mol. The molecule has 1 aliphatic rings. The minimum atomic E-state index is -0.605. The molecule has 0 spiro atoms. The van der Waals surface area contributed by atoms with Gasteiger partial charge in [0.15, 0.2) is 0 Å². The van der Waals surface area contributed by atoms with E-state index in [2.05, 4.69) is 0 Å². The molecule has 0 amide bonds. The van der Waals surface area contributed by atoms with Gasteiger partial charge in [0.2, 0.25) is 6.29 Å². The number of carbonyl (C=O) groups excluding carboxylic acids is 2. The number of esters is 2. The van der Waals surface area contributed by atoms with Crippen molar-refractivity contribution in [1.82, 2.24) is 0 Å². The van der Waals surface area contributed by atoms with E-state index >= 15 is 0 Å². The average molecular weight is 354 g/mol. The van der Waals surface area contributed by atoms with Crippen LogP contribution < -0.4 is 0 Å². The number of hydrogen-bond acceptors (Lipinski definition) is 5. The second-order valence-corrected chi connectivity index (χ2v) is 6.50. The zero-order chi connectivity index (χ0) is 18.5. The fraction of sp³-hybridized carbons (Fsp3) is 0.333. The van der Waals surface area contributed by atoms with Gasteiger partial charge in [0, 0.05) is 6.42 Å². The zero-order valence-electron chi connectivity index (χ0n) is 14.9. The van der Waals surface area contributed by atoms with Crippen LogP contribution in [0.1, 0.15) is 44.7 Å². The topological polar surface area (TPSA) is 61.8 Å². The number of aryl methyl sites for hydroxylation is 2. The van der Waals surface area contributed by atoms with Gasteiger partial charge in [-0.05, 0) is 44.5 Å². The van der Waals surface area contributed by atoms with Crippen molar-refractivity contribution in [2.75, 3.05) is 6.61 Å². The van der Waals surface area contributed by atoms with Crippen LogP contribution in [0.25, 0.3) is 0 Å². The Morgan fingerprint density at radius 2 is 1.42 bits per heavy atom. The van der Waals surface area contributed by atoms with Gasteiger partial charge in [0.05, 0.1) is 17.2 Å². The molecule has 5 nitrogen and oxygen atoms in total. The Kier molecular flexibility index (Phi) is 5.68. The predicted molar refractivity (Wildman–Crippen MR) is 96.0 cm³/mol. The van der Waals surface area contributed by atoms with Crippen molar-refractivity contribution in [2.45, 2.75) is 39.1 Å². The molecule has 0 bridgehead atoms. The van der Waals surface area contributed by atoms with E-state index in [1.54, 1.807) is 24.3 Å². The van der Waals surface area contributed by atoms with Crippen molar-refractivity contribution in [3.8, 4) is 0 Å². The molecular weight excluding hydrogens is 332 g/mol. The van der Waals surface area contributed by atoms with Crippen LogP contribution >= 0.6 is 0 Å². The summed E-state index contributed by atoms with van der Waals surface area (Å²) in [7, 11) is 0. The molecule has 2 aromatic carbocycles. The lowest BCUT2D eigenvalue weighted by Gasteiger charge is -2.15.